The number of hydrogen-bond acceptors (Lipinski definition) is 2. The van der Waals surface area contributed by atoms with Crippen LogP contribution in [0, 0.1) is 12.8 Å². The van der Waals surface area contributed by atoms with Gasteiger partial charge in [-0.3, -0.25) is 4.79 Å². The molecule has 2 nitrogen and oxygen atoms in total. The number of Topliss-reactive ketones (excluding diaryl/α,β-unsaturated/α-hetero) is 1. The quantitative estimate of drug-likeness (QED) is 0.449. The lowest BCUT2D eigenvalue weighted by Gasteiger charge is -2.20. The van der Waals surface area contributed by atoms with Crippen molar-refractivity contribution in [1.82, 2.24) is 0 Å². The molecule has 1 aromatic carbocycles. The van der Waals surface area contributed by atoms with Crippen LogP contribution in [0.5, 0.6) is 5.75 Å². The molecule has 0 bridgehead atoms. The number of benzene rings is 1. The first-order valence-electron chi connectivity index (χ1n) is 6.27. The number of aryl methyl sites for hydroxylation is 1. The third-order valence-electron chi connectivity index (χ3n) is 3.38. The van der Waals surface area contributed by atoms with Crippen molar-refractivity contribution in [1.29, 1.82) is 0 Å². The van der Waals surface area contributed by atoms with Crippen molar-refractivity contribution in [3.63, 3.8) is 0 Å². The molecule has 2 atom stereocenters. The third-order valence-corrected chi connectivity index (χ3v) is 5.57. The van der Waals surface area contributed by atoms with E-state index in [1.54, 1.807) is 0 Å². The Morgan fingerprint density at radius 2 is 2.26 bits per heavy atom. The number of fused-ring (bicyclic) bond motifs is 1. The summed E-state index contributed by atoms with van der Waals surface area (Å²) in [4.78, 5) is 12.3. The lowest BCUT2D eigenvalue weighted by molar-refractivity contribution is -0.121. The van der Waals surface area contributed by atoms with Crippen LogP contribution < -0.4 is 4.74 Å². The fourth-order valence-corrected chi connectivity index (χ4v) is 4.24. The maximum absolute atomic E-state index is 12.3. The molecule has 19 heavy (non-hydrogen) atoms. The normalized spacial score (nSPS) is 24.5. The van der Waals surface area contributed by atoms with Crippen LogP contribution in [0.15, 0.2) is 27.9 Å². The van der Waals surface area contributed by atoms with Crippen LogP contribution in [0.2, 0.25) is 0 Å². The molecule has 102 valence electrons. The van der Waals surface area contributed by atoms with Crippen molar-refractivity contribution in [2.24, 2.45) is 5.92 Å². The Balaban J connectivity index is 2.50. The van der Waals surface area contributed by atoms with Crippen molar-refractivity contribution in [2.45, 2.75) is 24.2 Å². The van der Waals surface area contributed by atoms with Gasteiger partial charge in [0.05, 0.1) is 9.84 Å². The molecule has 0 radical (unpaired) electrons. The molecule has 0 saturated carbocycles. The highest BCUT2D eigenvalue weighted by atomic mass is 127. The smallest absolute Gasteiger partial charge is 0.141 e. The van der Waals surface area contributed by atoms with E-state index in [9.17, 15) is 4.79 Å². The number of ether oxygens (including phenoxy) is 1. The van der Waals surface area contributed by atoms with E-state index in [0.717, 1.165) is 16.9 Å². The van der Waals surface area contributed by atoms with Gasteiger partial charge in [-0.1, -0.05) is 69.8 Å². The van der Waals surface area contributed by atoms with Crippen molar-refractivity contribution in [2.75, 3.05) is 6.61 Å². The minimum absolute atomic E-state index is 0.0643. The molecule has 2 rings (SSSR count). The average molecular weight is 482 g/mol. The van der Waals surface area contributed by atoms with Crippen LogP contribution in [0.25, 0.3) is 0 Å². The number of hydrogen-bond donors (Lipinski definition) is 0. The highest BCUT2D eigenvalue weighted by molar-refractivity contribution is 14.1. The zero-order valence-electron chi connectivity index (χ0n) is 11.0. The first kappa shape index (κ1) is 15.3. The zero-order valence-corrected chi connectivity index (χ0v) is 15.3. The molecule has 0 fully saturated rings. The topological polar surface area (TPSA) is 26.3 Å². The van der Waals surface area contributed by atoms with Gasteiger partial charge in [-0.25, -0.2) is 0 Å². The molecule has 1 heterocycles. The average Bonchev–Trinajstić information content (AvgIpc) is 2.55. The molecule has 4 heteroatoms. The lowest BCUT2D eigenvalue weighted by atomic mass is 9.88. The Hall–Kier alpha value is -0.110. The van der Waals surface area contributed by atoms with E-state index in [0.29, 0.717) is 18.8 Å². The van der Waals surface area contributed by atoms with Gasteiger partial charge < -0.3 is 4.74 Å². The molecule has 0 amide bonds. The van der Waals surface area contributed by atoms with Crippen LogP contribution in [-0.2, 0) is 4.79 Å². The number of carbonyl (C=O) groups excluding carboxylic acids is 1. The molecule has 1 aliphatic heterocycles. The molecule has 0 saturated heterocycles. The Morgan fingerprint density at radius 1 is 1.53 bits per heavy atom. The Bertz CT molecular complexity index is 523. The van der Waals surface area contributed by atoms with Crippen LogP contribution in [0.3, 0.4) is 0 Å². The molecule has 1 aliphatic rings. The summed E-state index contributed by atoms with van der Waals surface area (Å²) in [6.45, 7) is 4.51. The molecule has 0 N–H and O–H groups in total. The summed E-state index contributed by atoms with van der Waals surface area (Å²) in [5.74, 6) is 1.14. The number of carbonyl (C=O) groups is 1. The van der Waals surface area contributed by atoms with Gasteiger partial charge in [0.15, 0.2) is 0 Å². The fraction of sp³-hybridized carbons (Fsp3) is 0.400. The first-order chi connectivity index (χ1) is 9.08. The van der Waals surface area contributed by atoms with Gasteiger partial charge in [0.1, 0.15) is 18.1 Å². The van der Waals surface area contributed by atoms with E-state index in [2.05, 4.69) is 64.2 Å². The summed E-state index contributed by atoms with van der Waals surface area (Å²) in [6.07, 6.45) is 0.569. The molecular formula is C15H16I2O2. The van der Waals surface area contributed by atoms with Gasteiger partial charge >= 0.3 is 0 Å². The number of ketones is 1. The molecule has 0 aromatic heterocycles. The van der Waals surface area contributed by atoms with Crippen molar-refractivity contribution >= 4 is 51.0 Å². The predicted molar refractivity (Wildman–Crippen MR) is 94.3 cm³/mol. The highest BCUT2D eigenvalue weighted by Crippen LogP contribution is 2.44. The molecule has 0 spiro atoms. The monoisotopic (exact) mass is 482 g/mol. The van der Waals surface area contributed by atoms with E-state index in [4.69, 9.17) is 4.74 Å². The zero-order chi connectivity index (χ0) is 14.0. The summed E-state index contributed by atoms with van der Waals surface area (Å²) in [6, 6.07) is 6.20. The van der Waals surface area contributed by atoms with Gasteiger partial charge in [0.2, 0.25) is 0 Å². The standard InChI is InChI=1S/C15H16I2O2/c1-3-12(18)14-10(7-16)8-19-13-5-4-9(2)6-11(13)15(14)17/h4-7,14-15H,3,8H2,1-2H3/b10-7+. The second-order valence-electron chi connectivity index (χ2n) is 4.71. The fourth-order valence-electron chi connectivity index (χ4n) is 2.32. The maximum Gasteiger partial charge on any atom is 0.141 e. The summed E-state index contributed by atoms with van der Waals surface area (Å²) < 4.78 is 8.01. The van der Waals surface area contributed by atoms with E-state index in [1.807, 2.05) is 17.1 Å². The summed E-state index contributed by atoms with van der Waals surface area (Å²) in [7, 11) is 0. The van der Waals surface area contributed by atoms with E-state index in [-0.39, 0.29) is 9.84 Å². The van der Waals surface area contributed by atoms with Crippen molar-refractivity contribution in [3.8, 4) is 5.75 Å². The minimum atomic E-state index is -0.0643. The van der Waals surface area contributed by atoms with Crippen LogP contribution >= 0.6 is 45.2 Å². The van der Waals surface area contributed by atoms with Gasteiger partial charge in [0, 0.05) is 12.0 Å². The van der Waals surface area contributed by atoms with E-state index < -0.39 is 0 Å². The van der Waals surface area contributed by atoms with Crippen molar-refractivity contribution in [3.05, 3.63) is 39.0 Å². The first-order valence-corrected chi connectivity index (χ1v) is 8.76. The number of halogens is 2. The number of alkyl halides is 1. The van der Waals surface area contributed by atoms with Gasteiger partial charge in [0.25, 0.3) is 0 Å². The second-order valence-corrected chi connectivity index (χ2v) is 6.68. The Kier molecular flexibility index (Phi) is 5.28. The molecule has 2 unspecified atom stereocenters. The molecular weight excluding hydrogens is 466 g/mol. The summed E-state index contributed by atoms with van der Waals surface area (Å²) >= 11 is 4.59. The largest absolute Gasteiger partial charge is 0.489 e. The van der Waals surface area contributed by atoms with E-state index >= 15 is 0 Å². The lowest BCUT2D eigenvalue weighted by Crippen LogP contribution is -2.21. The minimum Gasteiger partial charge on any atom is -0.489 e. The van der Waals surface area contributed by atoms with Gasteiger partial charge in [-0.05, 0) is 22.6 Å². The number of rotatable bonds is 2. The Labute approximate surface area is 141 Å². The molecule has 1 aromatic rings. The second kappa shape index (κ2) is 6.56. The van der Waals surface area contributed by atoms with E-state index in [1.165, 1.54) is 5.56 Å². The highest BCUT2D eigenvalue weighted by Gasteiger charge is 2.34. The molecule has 0 aliphatic carbocycles. The predicted octanol–water partition coefficient (Wildman–Crippen LogP) is 4.78. The summed E-state index contributed by atoms with van der Waals surface area (Å²) in [5.41, 5.74) is 3.43. The van der Waals surface area contributed by atoms with Gasteiger partial charge in [-0.15, -0.1) is 0 Å². The summed E-state index contributed by atoms with van der Waals surface area (Å²) in [5, 5.41) is 0. The van der Waals surface area contributed by atoms with Crippen LogP contribution in [-0.4, -0.2) is 12.4 Å². The third kappa shape index (κ3) is 3.15. The van der Waals surface area contributed by atoms with Crippen LogP contribution in [0.1, 0.15) is 28.4 Å². The maximum atomic E-state index is 12.3. The SMILES string of the molecule is CCC(=O)C1/C(=C/I)COc2ccc(C)cc2C1I. The van der Waals surface area contributed by atoms with Crippen molar-refractivity contribution < 1.29 is 9.53 Å². The Morgan fingerprint density at radius 3 is 2.89 bits per heavy atom. The van der Waals surface area contributed by atoms with Crippen LogP contribution in [0.4, 0.5) is 0 Å². The van der Waals surface area contributed by atoms with Gasteiger partial charge in [-0.2, -0.15) is 0 Å².